The molecule has 3 aromatic rings. The zero-order chi connectivity index (χ0) is 21.5. The summed E-state index contributed by atoms with van der Waals surface area (Å²) in [5.41, 5.74) is 2.55. The summed E-state index contributed by atoms with van der Waals surface area (Å²) in [5.74, 6) is 0.689. The highest BCUT2D eigenvalue weighted by Gasteiger charge is 2.19. The number of nitrogens with zero attached hydrogens (tertiary/aromatic N) is 2. The van der Waals surface area contributed by atoms with Crippen molar-refractivity contribution in [1.29, 1.82) is 0 Å². The Kier molecular flexibility index (Phi) is 6.69. The molecule has 0 aliphatic rings. The lowest BCUT2D eigenvalue weighted by Gasteiger charge is -2.09. The largest absolute Gasteiger partial charge is 0.497 e. The summed E-state index contributed by atoms with van der Waals surface area (Å²) < 4.78 is 15.8. The van der Waals surface area contributed by atoms with E-state index in [0.717, 1.165) is 5.39 Å². The van der Waals surface area contributed by atoms with Crippen LogP contribution in [0.2, 0.25) is 0 Å². The SMILES string of the molecule is CO/N=C(/C(=O)OC)c1ccccc1CO/N=C(\C)c1cc2ccc(OC)cc2o1. The molecule has 2 aromatic carbocycles. The van der Waals surface area contributed by atoms with E-state index in [2.05, 4.69) is 10.3 Å². The first-order valence-corrected chi connectivity index (χ1v) is 9.09. The van der Waals surface area contributed by atoms with Crippen molar-refractivity contribution in [3.8, 4) is 5.75 Å². The Balaban J connectivity index is 1.78. The van der Waals surface area contributed by atoms with Crippen LogP contribution in [-0.2, 0) is 25.8 Å². The molecule has 0 amide bonds. The number of methoxy groups -OCH3 is 2. The van der Waals surface area contributed by atoms with Crippen LogP contribution in [-0.4, -0.2) is 38.7 Å². The predicted molar refractivity (Wildman–Crippen MR) is 112 cm³/mol. The van der Waals surface area contributed by atoms with Crippen LogP contribution in [0.25, 0.3) is 11.0 Å². The van der Waals surface area contributed by atoms with Gasteiger partial charge in [-0.2, -0.15) is 0 Å². The highest BCUT2D eigenvalue weighted by molar-refractivity contribution is 6.43. The van der Waals surface area contributed by atoms with E-state index in [-0.39, 0.29) is 12.3 Å². The molecule has 0 atom stereocenters. The molecule has 156 valence electrons. The van der Waals surface area contributed by atoms with Gasteiger partial charge < -0.3 is 23.6 Å². The number of carbonyl (C=O) groups is 1. The normalized spacial score (nSPS) is 12.0. The number of furan rings is 1. The molecular weight excluding hydrogens is 388 g/mol. The lowest BCUT2D eigenvalue weighted by Crippen LogP contribution is -2.19. The second-order valence-electron chi connectivity index (χ2n) is 6.24. The maximum absolute atomic E-state index is 12.0. The van der Waals surface area contributed by atoms with Crippen molar-refractivity contribution < 1.29 is 28.4 Å². The van der Waals surface area contributed by atoms with Gasteiger partial charge >= 0.3 is 5.97 Å². The van der Waals surface area contributed by atoms with E-state index >= 15 is 0 Å². The Morgan fingerprint density at radius 2 is 1.83 bits per heavy atom. The molecule has 0 aliphatic carbocycles. The molecule has 0 fully saturated rings. The molecule has 30 heavy (non-hydrogen) atoms. The summed E-state index contributed by atoms with van der Waals surface area (Å²) in [6.45, 7) is 1.90. The molecule has 0 aliphatic heterocycles. The fraction of sp³-hybridized carbons (Fsp3) is 0.227. The average molecular weight is 410 g/mol. The Morgan fingerprint density at radius 3 is 2.57 bits per heavy atom. The molecule has 0 N–H and O–H groups in total. The van der Waals surface area contributed by atoms with E-state index in [1.54, 1.807) is 26.2 Å². The van der Waals surface area contributed by atoms with Crippen molar-refractivity contribution in [2.75, 3.05) is 21.3 Å². The van der Waals surface area contributed by atoms with Crippen LogP contribution >= 0.6 is 0 Å². The fourth-order valence-corrected chi connectivity index (χ4v) is 2.82. The smallest absolute Gasteiger partial charge is 0.360 e. The van der Waals surface area contributed by atoms with Crippen LogP contribution < -0.4 is 4.74 Å². The summed E-state index contributed by atoms with van der Waals surface area (Å²) >= 11 is 0. The molecule has 0 bridgehead atoms. The Hall–Kier alpha value is -3.81. The highest BCUT2D eigenvalue weighted by atomic mass is 16.6. The molecular formula is C22H22N2O6. The molecule has 8 heteroatoms. The van der Waals surface area contributed by atoms with E-state index in [1.165, 1.54) is 14.2 Å². The van der Waals surface area contributed by atoms with Gasteiger partial charge in [-0.3, -0.25) is 0 Å². The topological polar surface area (TPSA) is 91.9 Å². The molecule has 1 aromatic heterocycles. The first-order valence-electron chi connectivity index (χ1n) is 9.09. The third-order valence-corrected chi connectivity index (χ3v) is 4.34. The molecule has 8 nitrogen and oxygen atoms in total. The van der Waals surface area contributed by atoms with Gasteiger partial charge in [0, 0.05) is 22.6 Å². The van der Waals surface area contributed by atoms with Gasteiger partial charge in [-0.25, -0.2) is 4.79 Å². The van der Waals surface area contributed by atoms with Crippen molar-refractivity contribution in [2.45, 2.75) is 13.5 Å². The highest BCUT2D eigenvalue weighted by Crippen LogP contribution is 2.24. The van der Waals surface area contributed by atoms with Crippen molar-refractivity contribution in [2.24, 2.45) is 10.3 Å². The van der Waals surface area contributed by atoms with Gasteiger partial charge in [-0.15, -0.1) is 0 Å². The van der Waals surface area contributed by atoms with Crippen molar-refractivity contribution >= 4 is 28.4 Å². The van der Waals surface area contributed by atoms with Crippen LogP contribution in [0.5, 0.6) is 5.75 Å². The summed E-state index contributed by atoms with van der Waals surface area (Å²) in [6, 6.07) is 14.6. The van der Waals surface area contributed by atoms with E-state index in [1.807, 2.05) is 36.4 Å². The lowest BCUT2D eigenvalue weighted by molar-refractivity contribution is -0.132. The molecule has 1 heterocycles. The number of oxime groups is 2. The van der Waals surface area contributed by atoms with Gasteiger partial charge in [-0.1, -0.05) is 34.6 Å². The van der Waals surface area contributed by atoms with Gasteiger partial charge in [0.2, 0.25) is 0 Å². The molecule has 0 spiro atoms. The molecule has 0 saturated heterocycles. The Morgan fingerprint density at radius 1 is 1.03 bits per heavy atom. The molecule has 3 rings (SSSR count). The molecule has 0 unspecified atom stereocenters. The third kappa shape index (κ3) is 4.60. The Labute approximate surface area is 173 Å². The van der Waals surface area contributed by atoms with Crippen LogP contribution in [0.1, 0.15) is 23.8 Å². The fourth-order valence-electron chi connectivity index (χ4n) is 2.82. The zero-order valence-corrected chi connectivity index (χ0v) is 17.2. The van der Waals surface area contributed by atoms with Crippen molar-refractivity contribution in [3.63, 3.8) is 0 Å². The lowest BCUT2D eigenvalue weighted by atomic mass is 10.0. The minimum absolute atomic E-state index is 0.0473. The standard InChI is InChI=1S/C22H22N2O6/c1-14(19-11-15-9-10-17(26-2)12-20(15)30-19)23-29-13-16-7-5-6-8-18(16)21(24-28-4)22(25)27-3/h5-12H,13H2,1-4H3/b23-14+,24-21+. The number of benzene rings is 2. The second kappa shape index (κ2) is 9.60. The summed E-state index contributed by atoms with van der Waals surface area (Å²) in [7, 11) is 4.24. The average Bonchev–Trinajstić information content (AvgIpc) is 3.21. The second-order valence-corrected chi connectivity index (χ2v) is 6.24. The third-order valence-electron chi connectivity index (χ3n) is 4.34. The summed E-state index contributed by atoms with van der Waals surface area (Å²) in [5, 5.41) is 8.86. The minimum atomic E-state index is -0.610. The van der Waals surface area contributed by atoms with E-state index in [9.17, 15) is 4.79 Å². The minimum Gasteiger partial charge on any atom is -0.497 e. The number of rotatable bonds is 8. The van der Waals surface area contributed by atoms with Gasteiger partial charge in [0.25, 0.3) is 0 Å². The first kappa shape index (κ1) is 20.9. The number of esters is 1. The number of fused-ring (bicyclic) bond motifs is 1. The van der Waals surface area contributed by atoms with Gasteiger partial charge in [-0.05, 0) is 25.1 Å². The van der Waals surface area contributed by atoms with Crippen LogP contribution in [0.15, 0.2) is 63.3 Å². The quantitative estimate of drug-likeness (QED) is 0.318. The van der Waals surface area contributed by atoms with E-state index in [0.29, 0.717) is 33.9 Å². The predicted octanol–water partition coefficient (Wildman–Crippen LogP) is 3.91. The maximum atomic E-state index is 12.0. The first-order chi connectivity index (χ1) is 14.6. The van der Waals surface area contributed by atoms with Crippen LogP contribution in [0.3, 0.4) is 0 Å². The number of hydrogen-bond acceptors (Lipinski definition) is 8. The van der Waals surface area contributed by atoms with Gasteiger partial charge in [0.1, 0.15) is 30.8 Å². The van der Waals surface area contributed by atoms with Crippen LogP contribution in [0.4, 0.5) is 0 Å². The molecule has 0 radical (unpaired) electrons. The van der Waals surface area contributed by atoms with Crippen molar-refractivity contribution in [1.82, 2.24) is 0 Å². The maximum Gasteiger partial charge on any atom is 0.360 e. The monoisotopic (exact) mass is 410 g/mol. The number of ether oxygens (including phenoxy) is 2. The summed E-state index contributed by atoms with van der Waals surface area (Å²) in [4.78, 5) is 22.3. The van der Waals surface area contributed by atoms with Crippen LogP contribution in [0, 0.1) is 0 Å². The van der Waals surface area contributed by atoms with Gasteiger partial charge in [0.15, 0.2) is 11.5 Å². The number of hydrogen-bond donors (Lipinski definition) is 0. The van der Waals surface area contributed by atoms with E-state index < -0.39 is 5.97 Å². The number of carbonyl (C=O) groups excluding carboxylic acids is 1. The molecule has 0 saturated carbocycles. The summed E-state index contributed by atoms with van der Waals surface area (Å²) in [6.07, 6.45) is 0. The Bertz CT molecular complexity index is 1100. The zero-order valence-electron chi connectivity index (χ0n) is 17.2. The van der Waals surface area contributed by atoms with Crippen molar-refractivity contribution in [3.05, 3.63) is 65.4 Å². The van der Waals surface area contributed by atoms with Gasteiger partial charge in [0.05, 0.1) is 14.2 Å². The van der Waals surface area contributed by atoms with E-state index in [4.69, 9.17) is 23.6 Å².